The van der Waals surface area contributed by atoms with E-state index in [0.29, 0.717) is 5.56 Å². The Morgan fingerprint density at radius 3 is 2.53 bits per heavy atom. The molecule has 2 aromatic rings. The molecule has 0 unspecified atom stereocenters. The Balaban J connectivity index is 2.08. The van der Waals surface area contributed by atoms with Crippen molar-refractivity contribution < 1.29 is 9.53 Å². The molecule has 0 aliphatic rings. The third-order valence-electron chi connectivity index (χ3n) is 2.45. The summed E-state index contributed by atoms with van der Waals surface area (Å²) in [7, 11) is 1.38. The Morgan fingerprint density at radius 2 is 2.00 bits per heavy atom. The minimum Gasteiger partial charge on any atom is -0.465 e. The van der Waals surface area contributed by atoms with Crippen LogP contribution in [0.15, 0.2) is 52.5 Å². The summed E-state index contributed by atoms with van der Waals surface area (Å²) in [6.45, 7) is 0. The van der Waals surface area contributed by atoms with Crippen LogP contribution in [0.2, 0.25) is 0 Å². The average Bonchev–Trinajstić information content (AvgIpc) is 2.48. The molecule has 2 rings (SSSR count). The van der Waals surface area contributed by atoms with E-state index in [1.165, 1.54) is 7.11 Å². The number of hydrogen-bond acceptors (Lipinski definition) is 4. The fraction of sp³-hybridized carbons (Fsp3) is 0.143. The predicted octanol–water partition coefficient (Wildman–Crippen LogP) is 3.91. The predicted molar refractivity (Wildman–Crippen MR) is 78.8 cm³/mol. The van der Waals surface area contributed by atoms with E-state index in [1.807, 2.05) is 30.5 Å². The lowest BCUT2D eigenvalue weighted by Gasteiger charge is -2.03. The third kappa shape index (κ3) is 3.81. The number of carbonyl (C=O) groups is 1. The molecule has 3 nitrogen and oxygen atoms in total. The van der Waals surface area contributed by atoms with E-state index < -0.39 is 0 Å². The van der Waals surface area contributed by atoms with Crippen molar-refractivity contribution in [1.82, 2.24) is 4.98 Å². The van der Waals surface area contributed by atoms with E-state index in [2.05, 4.69) is 25.7 Å². The number of pyridine rings is 1. The van der Waals surface area contributed by atoms with Crippen molar-refractivity contribution in [3.8, 4) is 0 Å². The SMILES string of the molecule is COC(=O)c1ccc(Sc2ccc(CBr)cn2)cc1. The molecule has 5 heteroatoms. The summed E-state index contributed by atoms with van der Waals surface area (Å²) in [5.74, 6) is -0.323. The third-order valence-corrected chi connectivity index (χ3v) is 4.06. The molecule has 0 aliphatic heterocycles. The van der Waals surface area contributed by atoms with E-state index in [0.717, 1.165) is 20.8 Å². The zero-order valence-electron chi connectivity index (χ0n) is 10.3. The largest absolute Gasteiger partial charge is 0.465 e. The smallest absolute Gasteiger partial charge is 0.337 e. The van der Waals surface area contributed by atoms with Gasteiger partial charge < -0.3 is 4.74 Å². The molecule has 0 fully saturated rings. The molecule has 0 atom stereocenters. The van der Waals surface area contributed by atoms with Crippen LogP contribution in [0.25, 0.3) is 0 Å². The van der Waals surface area contributed by atoms with Crippen LogP contribution in [-0.2, 0) is 10.1 Å². The molecule has 1 aromatic heterocycles. The van der Waals surface area contributed by atoms with Gasteiger partial charge in [-0.15, -0.1) is 0 Å². The van der Waals surface area contributed by atoms with Crippen molar-refractivity contribution in [1.29, 1.82) is 0 Å². The molecule has 0 N–H and O–H groups in total. The topological polar surface area (TPSA) is 39.2 Å². The van der Waals surface area contributed by atoms with Crippen LogP contribution in [0, 0.1) is 0 Å². The molecular formula is C14H12BrNO2S. The van der Waals surface area contributed by atoms with Gasteiger partial charge in [0.1, 0.15) is 5.03 Å². The van der Waals surface area contributed by atoms with Gasteiger partial charge in [0, 0.05) is 16.4 Å². The van der Waals surface area contributed by atoms with Gasteiger partial charge in [0.25, 0.3) is 0 Å². The molecule has 1 heterocycles. The van der Waals surface area contributed by atoms with Crippen LogP contribution in [0.4, 0.5) is 0 Å². The maximum absolute atomic E-state index is 11.3. The van der Waals surface area contributed by atoms with Gasteiger partial charge in [-0.1, -0.05) is 33.8 Å². The number of halogens is 1. The highest BCUT2D eigenvalue weighted by Crippen LogP contribution is 2.26. The van der Waals surface area contributed by atoms with E-state index >= 15 is 0 Å². The second-order valence-electron chi connectivity index (χ2n) is 3.76. The lowest BCUT2D eigenvalue weighted by molar-refractivity contribution is 0.0600. The van der Waals surface area contributed by atoms with Gasteiger partial charge in [-0.3, -0.25) is 0 Å². The van der Waals surface area contributed by atoms with Gasteiger partial charge in [-0.2, -0.15) is 0 Å². The molecule has 0 bridgehead atoms. The zero-order valence-corrected chi connectivity index (χ0v) is 12.7. The van der Waals surface area contributed by atoms with Crippen LogP contribution in [0.3, 0.4) is 0 Å². The van der Waals surface area contributed by atoms with Gasteiger partial charge in [0.05, 0.1) is 12.7 Å². The normalized spacial score (nSPS) is 10.2. The van der Waals surface area contributed by atoms with Crippen molar-refractivity contribution in [3.05, 3.63) is 53.7 Å². The highest BCUT2D eigenvalue weighted by Gasteiger charge is 2.05. The minimum absolute atomic E-state index is 0.323. The van der Waals surface area contributed by atoms with Crippen molar-refractivity contribution >= 4 is 33.7 Å². The van der Waals surface area contributed by atoms with Crippen molar-refractivity contribution in [2.45, 2.75) is 15.3 Å². The second-order valence-corrected chi connectivity index (χ2v) is 5.41. The molecule has 0 aliphatic carbocycles. The lowest BCUT2D eigenvalue weighted by atomic mass is 10.2. The van der Waals surface area contributed by atoms with Crippen LogP contribution in [0.1, 0.15) is 15.9 Å². The van der Waals surface area contributed by atoms with Gasteiger partial charge in [-0.25, -0.2) is 9.78 Å². The molecule has 0 radical (unpaired) electrons. The minimum atomic E-state index is -0.323. The zero-order chi connectivity index (χ0) is 13.7. The summed E-state index contributed by atoms with van der Waals surface area (Å²) in [5.41, 5.74) is 1.69. The van der Waals surface area contributed by atoms with Crippen LogP contribution in [0.5, 0.6) is 0 Å². The summed E-state index contributed by atoms with van der Waals surface area (Å²) in [6, 6.07) is 11.3. The second kappa shape index (κ2) is 6.73. The van der Waals surface area contributed by atoms with Gasteiger partial charge in [-0.05, 0) is 35.9 Å². The van der Waals surface area contributed by atoms with Crippen molar-refractivity contribution in [3.63, 3.8) is 0 Å². The number of aromatic nitrogens is 1. The van der Waals surface area contributed by atoms with E-state index in [9.17, 15) is 4.79 Å². The van der Waals surface area contributed by atoms with E-state index in [1.54, 1.807) is 23.9 Å². The first-order chi connectivity index (χ1) is 9.22. The highest BCUT2D eigenvalue weighted by atomic mass is 79.9. The first-order valence-corrected chi connectivity index (χ1v) is 7.54. The Bertz CT molecular complexity index is 555. The number of alkyl halides is 1. The summed E-state index contributed by atoms with van der Waals surface area (Å²) >= 11 is 4.94. The van der Waals surface area contributed by atoms with Crippen molar-refractivity contribution in [2.24, 2.45) is 0 Å². The number of ether oxygens (including phenoxy) is 1. The summed E-state index contributed by atoms with van der Waals surface area (Å²) < 4.78 is 4.66. The first kappa shape index (κ1) is 14.1. The maximum Gasteiger partial charge on any atom is 0.337 e. The Kier molecular flexibility index (Phi) is 4.99. The molecule has 0 saturated heterocycles. The molecular weight excluding hydrogens is 326 g/mol. The van der Waals surface area contributed by atoms with Crippen LogP contribution in [-0.4, -0.2) is 18.1 Å². The average molecular weight is 338 g/mol. The quantitative estimate of drug-likeness (QED) is 0.626. The lowest BCUT2D eigenvalue weighted by Crippen LogP contribution is -2.00. The Labute approximate surface area is 124 Å². The van der Waals surface area contributed by atoms with Gasteiger partial charge in [0.15, 0.2) is 0 Å². The van der Waals surface area contributed by atoms with E-state index in [-0.39, 0.29) is 5.97 Å². The molecule has 98 valence electrons. The number of carbonyl (C=O) groups excluding carboxylic acids is 1. The van der Waals surface area contributed by atoms with Crippen molar-refractivity contribution in [2.75, 3.05) is 7.11 Å². The number of methoxy groups -OCH3 is 1. The summed E-state index contributed by atoms with van der Waals surface area (Å²) in [4.78, 5) is 16.7. The fourth-order valence-corrected chi connectivity index (χ4v) is 2.53. The molecule has 0 amide bonds. The number of benzene rings is 1. The number of rotatable bonds is 4. The van der Waals surface area contributed by atoms with Gasteiger partial charge >= 0.3 is 5.97 Å². The summed E-state index contributed by atoms with van der Waals surface area (Å²) in [6.07, 6.45) is 1.85. The first-order valence-electron chi connectivity index (χ1n) is 5.60. The fourth-order valence-electron chi connectivity index (χ4n) is 1.45. The standard InChI is InChI=1S/C14H12BrNO2S/c1-18-14(17)11-3-5-12(6-4-11)19-13-7-2-10(8-15)9-16-13/h2-7,9H,8H2,1H3. The van der Waals surface area contributed by atoms with Crippen LogP contribution >= 0.6 is 27.7 Å². The van der Waals surface area contributed by atoms with E-state index in [4.69, 9.17) is 0 Å². The van der Waals surface area contributed by atoms with Gasteiger partial charge in [0.2, 0.25) is 0 Å². The Morgan fingerprint density at radius 1 is 1.26 bits per heavy atom. The molecule has 0 saturated carbocycles. The monoisotopic (exact) mass is 337 g/mol. The number of esters is 1. The maximum atomic E-state index is 11.3. The number of nitrogens with zero attached hydrogens (tertiary/aromatic N) is 1. The molecule has 1 aromatic carbocycles. The molecule has 19 heavy (non-hydrogen) atoms. The molecule has 0 spiro atoms. The number of hydrogen-bond donors (Lipinski definition) is 0. The highest BCUT2D eigenvalue weighted by molar-refractivity contribution is 9.08. The Hall–Kier alpha value is -1.33. The summed E-state index contributed by atoms with van der Waals surface area (Å²) in [5, 5.41) is 1.73. The van der Waals surface area contributed by atoms with Crippen LogP contribution < -0.4 is 0 Å².